The van der Waals surface area contributed by atoms with Gasteiger partial charge in [-0.3, -0.25) is 4.79 Å². The summed E-state index contributed by atoms with van der Waals surface area (Å²) in [5.41, 5.74) is 2.78. The van der Waals surface area contributed by atoms with Gasteiger partial charge in [0, 0.05) is 10.2 Å². The van der Waals surface area contributed by atoms with Gasteiger partial charge >= 0.3 is 0 Å². The summed E-state index contributed by atoms with van der Waals surface area (Å²) in [5, 5.41) is 11.2. The SMILES string of the molecule is COc1ccc(Cc2nnc(SCC(=O)Nc3ccc(C)c(Br)c3)o2)cc1OC. The highest BCUT2D eigenvalue weighted by Gasteiger charge is 2.12. The second-order valence-electron chi connectivity index (χ2n) is 6.13. The number of nitrogens with one attached hydrogen (secondary N) is 1. The van der Waals surface area contributed by atoms with Crippen LogP contribution in [-0.2, 0) is 11.2 Å². The third-order valence-corrected chi connectivity index (χ3v) is 5.71. The van der Waals surface area contributed by atoms with Gasteiger partial charge in [0.25, 0.3) is 5.22 Å². The zero-order chi connectivity index (χ0) is 20.8. The lowest BCUT2D eigenvalue weighted by Gasteiger charge is -2.08. The summed E-state index contributed by atoms with van der Waals surface area (Å²) in [6.45, 7) is 1.99. The van der Waals surface area contributed by atoms with Gasteiger partial charge in [-0.2, -0.15) is 0 Å². The number of carbonyl (C=O) groups is 1. The lowest BCUT2D eigenvalue weighted by atomic mass is 10.1. The Morgan fingerprint density at radius 2 is 1.93 bits per heavy atom. The Kier molecular flexibility index (Phi) is 7.16. The van der Waals surface area contributed by atoms with Crippen molar-refractivity contribution in [2.75, 3.05) is 25.3 Å². The van der Waals surface area contributed by atoms with Crippen LogP contribution in [0.5, 0.6) is 11.5 Å². The molecule has 2 aromatic carbocycles. The average Bonchev–Trinajstić information content (AvgIpc) is 3.16. The first-order valence-corrected chi connectivity index (χ1v) is 10.5. The smallest absolute Gasteiger partial charge is 0.277 e. The first-order valence-electron chi connectivity index (χ1n) is 8.70. The lowest BCUT2D eigenvalue weighted by Crippen LogP contribution is -2.14. The van der Waals surface area contributed by atoms with Gasteiger partial charge in [0.1, 0.15) is 0 Å². The van der Waals surface area contributed by atoms with Gasteiger partial charge in [-0.1, -0.05) is 39.8 Å². The van der Waals surface area contributed by atoms with Gasteiger partial charge in [0.15, 0.2) is 11.5 Å². The first kappa shape index (κ1) is 21.2. The number of nitrogens with zero attached hydrogens (tertiary/aromatic N) is 2. The minimum Gasteiger partial charge on any atom is -0.493 e. The fourth-order valence-corrected chi connectivity index (χ4v) is 3.49. The van der Waals surface area contributed by atoms with E-state index in [0.717, 1.165) is 21.3 Å². The number of rotatable bonds is 8. The molecule has 152 valence electrons. The predicted octanol–water partition coefficient (Wildman–Crippen LogP) is 4.48. The van der Waals surface area contributed by atoms with E-state index in [1.54, 1.807) is 14.2 Å². The van der Waals surface area contributed by atoms with Crippen molar-refractivity contribution in [3.8, 4) is 11.5 Å². The van der Waals surface area contributed by atoms with Crippen LogP contribution in [0, 0.1) is 6.92 Å². The third-order valence-electron chi connectivity index (χ3n) is 4.03. The summed E-state index contributed by atoms with van der Waals surface area (Å²) in [6.07, 6.45) is 0.456. The number of amides is 1. The van der Waals surface area contributed by atoms with E-state index in [1.165, 1.54) is 11.8 Å². The molecule has 0 aliphatic rings. The Bertz CT molecular complexity index is 1010. The summed E-state index contributed by atoms with van der Waals surface area (Å²) in [6, 6.07) is 11.3. The highest BCUT2D eigenvalue weighted by atomic mass is 79.9. The lowest BCUT2D eigenvalue weighted by molar-refractivity contribution is -0.113. The summed E-state index contributed by atoms with van der Waals surface area (Å²) in [5.74, 6) is 1.78. The zero-order valence-electron chi connectivity index (χ0n) is 16.2. The van der Waals surface area contributed by atoms with Gasteiger partial charge in [-0.25, -0.2) is 0 Å². The standard InChI is InChI=1S/C20H20BrN3O4S/c1-12-4-6-14(10-15(12)21)22-18(25)11-29-20-24-23-19(28-20)9-13-5-7-16(26-2)17(8-13)27-3/h4-8,10H,9,11H2,1-3H3,(H,22,25). The number of hydrogen-bond donors (Lipinski definition) is 1. The molecule has 0 saturated heterocycles. The molecule has 0 atom stereocenters. The maximum Gasteiger partial charge on any atom is 0.277 e. The molecule has 3 aromatic rings. The number of aromatic nitrogens is 2. The second-order valence-corrected chi connectivity index (χ2v) is 7.91. The van der Waals surface area contributed by atoms with Crippen molar-refractivity contribution in [1.29, 1.82) is 0 Å². The van der Waals surface area contributed by atoms with E-state index < -0.39 is 0 Å². The number of anilines is 1. The van der Waals surface area contributed by atoms with Crippen molar-refractivity contribution in [3.63, 3.8) is 0 Å². The van der Waals surface area contributed by atoms with Crippen LogP contribution in [0.1, 0.15) is 17.0 Å². The van der Waals surface area contributed by atoms with E-state index >= 15 is 0 Å². The largest absolute Gasteiger partial charge is 0.493 e. The van der Waals surface area contributed by atoms with Crippen LogP contribution in [0.2, 0.25) is 0 Å². The quantitative estimate of drug-likeness (QED) is 0.478. The van der Waals surface area contributed by atoms with E-state index in [-0.39, 0.29) is 11.7 Å². The fourth-order valence-electron chi connectivity index (χ4n) is 2.53. The van der Waals surface area contributed by atoms with Gasteiger partial charge in [-0.15, -0.1) is 10.2 Å². The average molecular weight is 478 g/mol. The normalized spacial score (nSPS) is 10.6. The highest BCUT2D eigenvalue weighted by molar-refractivity contribution is 9.10. The van der Waals surface area contributed by atoms with Crippen molar-refractivity contribution in [2.24, 2.45) is 0 Å². The van der Waals surface area contributed by atoms with Crippen LogP contribution in [0.15, 0.2) is 50.5 Å². The molecule has 0 fully saturated rings. The van der Waals surface area contributed by atoms with Crippen LogP contribution < -0.4 is 14.8 Å². The van der Waals surface area contributed by atoms with Gasteiger partial charge in [0.05, 0.1) is 26.4 Å². The predicted molar refractivity (Wildman–Crippen MR) is 115 cm³/mol. The van der Waals surface area contributed by atoms with Crippen molar-refractivity contribution >= 4 is 39.3 Å². The number of carbonyl (C=O) groups excluding carboxylic acids is 1. The summed E-state index contributed by atoms with van der Waals surface area (Å²) < 4.78 is 17.1. The zero-order valence-corrected chi connectivity index (χ0v) is 18.6. The number of thioether (sulfide) groups is 1. The number of hydrogen-bond acceptors (Lipinski definition) is 7. The van der Waals surface area contributed by atoms with Crippen LogP contribution in [0.3, 0.4) is 0 Å². The van der Waals surface area contributed by atoms with E-state index in [9.17, 15) is 4.79 Å². The molecule has 0 bridgehead atoms. The van der Waals surface area contributed by atoms with Crippen molar-refractivity contribution in [3.05, 3.63) is 57.9 Å². The number of halogens is 1. The molecule has 0 spiro atoms. The van der Waals surface area contributed by atoms with Crippen LogP contribution in [-0.4, -0.2) is 36.1 Å². The highest BCUT2D eigenvalue weighted by Crippen LogP contribution is 2.28. The molecule has 1 N–H and O–H groups in total. The molecule has 0 aliphatic heterocycles. The molecule has 0 aliphatic carbocycles. The van der Waals surface area contributed by atoms with E-state index in [2.05, 4.69) is 31.4 Å². The van der Waals surface area contributed by atoms with Gasteiger partial charge in [-0.05, 0) is 42.3 Å². The van der Waals surface area contributed by atoms with Crippen molar-refractivity contribution in [2.45, 2.75) is 18.6 Å². The Morgan fingerprint density at radius 1 is 1.14 bits per heavy atom. The van der Waals surface area contributed by atoms with Crippen molar-refractivity contribution in [1.82, 2.24) is 10.2 Å². The van der Waals surface area contributed by atoms with Crippen LogP contribution in [0.4, 0.5) is 5.69 Å². The molecular weight excluding hydrogens is 458 g/mol. The molecule has 0 radical (unpaired) electrons. The van der Waals surface area contributed by atoms with Gasteiger partial charge < -0.3 is 19.2 Å². The summed E-state index contributed by atoms with van der Waals surface area (Å²) in [7, 11) is 3.18. The molecule has 1 amide bonds. The van der Waals surface area contributed by atoms with E-state index in [0.29, 0.717) is 29.0 Å². The minimum atomic E-state index is -0.148. The Morgan fingerprint density at radius 3 is 2.66 bits per heavy atom. The molecule has 1 aromatic heterocycles. The second kappa shape index (κ2) is 9.80. The molecule has 1 heterocycles. The topological polar surface area (TPSA) is 86.5 Å². The Balaban J connectivity index is 1.55. The number of benzene rings is 2. The maximum absolute atomic E-state index is 12.1. The van der Waals surface area contributed by atoms with E-state index in [4.69, 9.17) is 13.9 Å². The molecule has 29 heavy (non-hydrogen) atoms. The molecule has 9 heteroatoms. The van der Waals surface area contributed by atoms with Crippen LogP contribution >= 0.6 is 27.7 Å². The van der Waals surface area contributed by atoms with Crippen molar-refractivity contribution < 1.29 is 18.7 Å². The maximum atomic E-state index is 12.1. The number of methoxy groups -OCH3 is 2. The number of aryl methyl sites for hydroxylation is 1. The van der Waals surface area contributed by atoms with Crippen LogP contribution in [0.25, 0.3) is 0 Å². The van der Waals surface area contributed by atoms with E-state index in [1.807, 2.05) is 43.3 Å². The molecule has 7 nitrogen and oxygen atoms in total. The molecular formula is C20H20BrN3O4S. The fraction of sp³-hybridized carbons (Fsp3) is 0.250. The first-order chi connectivity index (χ1) is 14.0. The molecule has 3 rings (SSSR count). The summed E-state index contributed by atoms with van der Waals surface area (Å²) in [4.78, 5) is 12.1. The monoisotopic (exact) mass is 477 g/mol. The molecule has 0 unspecified atom stereocenters. The van der Waals surface area contributed by atoms with Gasteiger partial charge in [0.2, 0.25) is 11.8 Å². The Labute approximate surface area is 181 Å². The summed E-state index contributed by atoms with van der Waals surface area (Å²) >= 11 is 4.65. The minimum absolute atomic E-state index is 0.148. The number of ether oxygens (including phenoxy) is 2. The molecule has 0 saturated carbocycles. The third kappa shape index (κ3) is 5.74. The Hall–Kier alpha value is -2.52.